The fourth-order valence-electron chi connectivity index (χ4n) is 3.25. The van der Waals surface area contributed by atoms with Gasteiger partial charge in [0.2, 0.25) is 0 Å². The van der Waals surface area contributed by atoms with Gasteiger partial charge in [-0.3, -0.25) is 9.38 Å². The van der Waals surface area contributed by atoms with Gasteiger partial charge in [0.15, 0.2) is 17.3 Å². The van der Waals surface area contributed by atoms with Gasteiger partial charge in [0.1, 0.15) is 5.60 Å². The molecule has 0 bridgehead atoms. The SMILES string of the molecule is CC.CC(C)(O)c1cn2c(-c3ccc(F)c(NC4CCCNC4)n3)cnc2cn1. The Morgan fingerprint density at radius 3 is 2.72 bits per heavy atom. The zero-order valence-corrected chi connectivity index (χ0v) is 17.4. The van der Waals surface area contributed by atoms with E-state index in [0.717, 1.165) is 25.9 Å². The second kappa shape index (κ2) is 8.84. The average Bonchev–Trinajstić information content (AvgIpc) is 3.15. The predicted molar refractivity (Wildman–Crippen MR) is 112 cm³/mol. The molecule has 7 nitrogen and oxygen atoms in total. The lowest BCUT2D eigenvalue weighted by atomic mass is 10.1. The van der Waals surface area contributed by atoms with Crippen molar-refractivity contribution in [3.05, 3.63) is 42.2 Å². The summed E-state index contributed by atoms with van der Waals surface area (Å²) in [6.07, 6.45) is 7.05. The maximum atomic E-state index is 14.3. The van der Waals surface area contributed by atoms with Crippen LogP contribution in [-0.2, 0) is 5.60 Å². The minimum absolute atomic E-state index is 0.157. The summed E-state index contributed by atoms with van der Waals surface area (Å²) in [5.74, 6) is -0.134. The maximum absolute atomic E-state index is 14.3. The number of hydrogen-bond donors (Lipinski definition) is 3. The molecule has 0 spiro atoms. The molecule has 0 aromatic carbocycles. The van der Waals surface area contributed by atoms with Gasteiger partial charge in [-0.05, 0) is 45.4 Å². The van der Waals surface area contributed by atoms with Gasteiger partial charge in [0.05, 0.1) is 29.5 Å². The largest absolute Gasteiger partial charge is 0.384 e. The first-order chi connectivity index (χ1) is 13.9. The third kappa shape index (κ3) is 4.71. The number of aromatic nitrogens is 4. The number of halogens is 1. The van der Waals surface area contributed by atoms with Crippen molar-refractivity contribution < 1.29 is 9.50 Å². The fraction of sp³-hybridized carbons (Fsp3) is 0.476. The summed E-state index contributed by atoms with van der Waals surface area (Å²) in [4.78, 5) is 13.1. The number of nitrogens with one attached hydrogen (secondary N) is 2. The molecule has 1 fully saturated rings. The lowest BCUT2D eigenvalue weighted by Gasteiger charge is -2.24. The van der Waals surface area contributed by atoms with E-state index in [-0.39, 0.29) is 17.7 Å². The molecular weight excluding hydrogens is 371 g/mol. The number of imidazole rings is 1. The molecule has 0 radical (unpaired) electrons. The monoisotopic (exact) mass is 400 g/mol. The summed E-state index contributed by atoms with van der Waals surface area (Å²) < 4.78 is 16.1. The first-order valence-corrected chi connectivity index (χ1v) is 10.1. The highest BCUT2D eigenvalue weighted by atomic mass is 19.1. The lowest BCUT2D eigenvalue weighted by Crippen LogP contribution is -2.38. The van der Waals surface area contributed by atoms with Gasteiger partial charge < -0.3 is 15.7 Å². The molecule has 1 saturated heterocycles. The van der Waals surface area contributed by atoms with Crippen LogP contribution in [-0.4, -0.2) is 43.6 Å². The van der Waals surface area contributed by atoms with Crippen molar-refractivity contribution in [3.8, 4) is 11.4 Å². The second-order valence-electron chi connectivity index (χ2n) is 7.42. The Morgan fingerprint density at radius 2 is 2.03 bits per heavy atom. The quantitative estimate of drug-likeness (QED) is 0.623. The van der Waals surface area contributed by atoms with E-state index >= 15 is 0 Å². The molecule has 3 aromatic heterocycles. The molecule has 0 saturated carbocycles. The molecular formula is C21H29FN6O. The first kappa shape index (κ1) is 21.1. The Balaban J connectivity index is 0.00000117. The minimum Gasteiger partial charge on any atom is -0.384 e. The summed E-state index contributed by atoms with van der Waals surface area (Å²) >= 11 is 0. The van der Waals surface area contributed by atoms with Crippen LogP contribution < -0.4 is 10.6 Å². The van der Waals surface area contributed by atoms with Crippen LogP contribution in [0, 0.1) is 5.82 Å². The smallest absolute Gasteiger partial charge is 0.165 e. The van der Waals surface area contributed by atoms with Gasteiger partial charge in [-0.25, -0.2) is 14.4 Å². The topological polar surface area (TPSA) is 87.4 Å². The van der Waals surface area contributed by atoms with Crippen molar-refractivity contribution >= 4 is 11.5 Å². The van der Waals surface area contributed by atoms with Gasteiger partial charge >= 0.3 is 0 Å². The number of nitrogens with zero attached hydrogens (tertiary/aromatic N) is 4. The van der Waals surface area contributed by atoms with E-state index in [1.807, 2.05) is 18.2 Å². The van der Waals surface area contributed by atoms with Crippen LogP contribution in [0.4, 0.5) is 10.2 Å². The van der Waals surface area contributed by atoms with Crippen LogP contribution in [0.1, 0.15) is 46.2 Å². The van der Waals surface area contributed by atoms with E-state index in [9.17, 15) is 9.50 Å². The van der Waals surface area contributed by atoms with Crippen molar-refractivity contribution in [1.82, 2.24) is 24.7 Å². The van der Waals surface area contributed by atoms with Crippen LogP contribution in [0.15, 0.2) is 30.7 Å². The van der Waals surface area contributed by atoms with Gasteiger partial charge in [0, 0.05) is 18.8 Å². The van der Waals surface area contributed by atoms with Crippen LogP contribution in [0.3, 0.4) is 0 Å². The second-order valence-corrected chi connectivity index (χ2v) is 7.42. The predicted octanol–water partition coefficient (Wildman–Crippen LogP) is 3.35. The molecule has 0 aliphatic carbocycles. The van der Waals surface area contributed by atoms with Gasteiger partial charge in [-0.1, -0.05) is 13.8 Å². The number of piperidine rings is 1. The van der Waals surface area contributed by atoms with E-state index in [1.54, 1.807) is 38.5 Å². The molecule has 29 heavy (non-hydrogen) atoms. The number of pyridine rings is 1. The highest BCUT2D eigenvalue weighted by molar-refractivity contribution is 5.62. The molecule has 1 aliphatic rings. The Hall–Kier alpha value is -2.58. The summed E-state index contributed by atoms with van der Waals surface area (Å²) in [5, 5.41) is 16.7. The Labute approximate surface area is 170 Å². The third-order valence-corrected chi connectivity index (χ3v) is 4.77. The maximum Gasteiger partial charge on any atom is 0.165 e. The minimum atomic E-state index is -1.08. The zero-order chi connectivity index (χ0) is 21.0. The van der Waals surface area contributed by atoms with Gasteiger partial charge in [-0.2, -0.15) is 0 Å². The molecule has 156 valence electrons. The van der Waals surface area contributed by atoms with E-state index in [1.165, 1.54) is 6.07 Å². The third-order valence-electron chi connectivity index (χ3n) is 4.77. The van der Waals surface area contributed by atoms with Gasteiger partial charge in [-0.15, -0.1) is 0 Å². The Bertz CT molecular complexity index is 959. The number of hydrogen-bond acceptors (Lipinski definition) is 6. The number of anilines is 1. The van der Waals surface area contributed by atoms with Crippen molar-refractivity contribution in [1.29, 1.82) is 0 Å². The Morgan fingerprint density at radius 1 is 1.24 bits per heavy atom. The molecule has 8 heteroatoms. The molecule has 3 N–H and O–H groups in total. The van der Waals surface area contributed by atoms with Crippen molar-refractivity contribution in [2.45, 2.75) is 52.2 Å². The molecule has 1 atom stereocenters. The Kier molecular flexibility index (Phi) is 6.44. The summed E-state index contributed by atoms with van der Waals surface area (Å²) in [6.45, 7) is 9.14. The lowest BCUT2D eigenvalue weighted by molar-refractivity contribution is 0.0734. The van der Waals surface area contributed by atoms with E-state index in [0.29, 0.717) is 22.7 Å². The summed E-state index contributed by atoms with van der Waals surface area (Å²) in [7, 11) is 0. The van der Waals surface area contributed by atoms with Crippen LogP contribution in [0.5, 0.6) is 0 Å². The molecule has 4 rings (SSSR count). The van der Waals surface area contributed by atoms with Gasteiger partial charge in [0.25, 0.3) is 0 Å². The highest BCUT2D eigenvalue weighted by Gasteiger charge is 2.20. The number of fused-ring (bicyclic) bond motifs is 1. The van der Waals surface area contributed by atoms with Crippen molar-refractivity contribution in [2.75, 3.05) is 18.4 Å². The normalized spacial score (nSPS) is 17.0. The number of rotatable bonds is 4. The average molecular weight is 401 g/mol. The molecule has 3 aromatic rings. The molecule has 1 aliphatic heterocycles. The van der Waals surface area contributed by atoms with E-state index in [2.05, 4.69) is 25.6 Å². The van der Waals surface area contributed by atoms with E-state index < -0.39 is 5.60 Å². The molecule has 4 heterocycles. The summed E-state index contributed by atoms with van der Waals surface area (Å²) in [5.41, 5.74) is 1.39. The number of aliphatic hydroxyl groups is 1. The summed E-state index contributed by atoms with van der Waals surface area (Å²) in [6, 6.07) is 3.20. The zero-order valence-electron chi connectivity index (χ0n) is 17.4. The highest BCUT2D eigenvalue weighted by Crippen LogP contribution is 2.25. The van der Waals surface area contributed by atoms with Crippen molar-refractivity contribution in [2.24, 2.45) is 0 Å². The van der Waals surface area contributed by atoms with Crippen LogP contribution in [0.25, 0.3) is 17.0 Å². The van der Waals surface area contributed by atoms with Crippen LogP contribution in [0.2, 0.25) is 0 Å². The standard InChI is InChI=1S/C19H23FN6O.C2H6/c1-19(2,27)16-11-26-15(9-23-17(26)10-22-16)14-6-5-13(20)18(25-14)24-12-4-3-7-21-8-12;1-2/h5-6,9-12,21,27H,3-4,7-8H2,1-2H3,(H,24,25);1-2H3. The van der Waals surface area contributed by atoms with E-state index in [4.69, 9.17) is 0 Å². The molecule has 0 amide bonds. The fourth-order valence-corrected chi connectivity index (χ4v) is 3.25. The first-order valence-electron chi connectivity index (χ1n) is 10.1. The molecule has 1 unspecified atom stereocenters. The van der Waals surface area contributed by atoms with Crippen molar-refractivity contribution in [3.63, 3.8) is 0 Å². The van der Waals surface area contributed by atoms with Crippen LogP contribution >= 0.6 is 0 Å².